The van der Waals surface area contributed by atoms with E-state index in [1.54, 1.807) is 30.0 Å². The highest BCUT2D eigenvalue weighted by atomic mass is 32.1. The fourth-order valence-corrected chi connectivity index (χ4v) is 5.08. The Morgan fingerprint density at radius 1 is 1.15 bits per heavy atom. The third-order valence-corrected chi connectivity index (χ3v) is 7.00. The monoisotopic (exact) mass is 477 g/mol. The van der Waals surface area contributed by atoms with Crippen molar-refractivity contribution in [2.24, 2.45) is 5.92 Å². The molecule has 0 saturated carbocycles. The average Bonchev–Trinajstić information content (AvgIpc) is 3.14. The molecule has 2 aromatic heterocycles. The SMILES string of the molecule is COc1ccccc1NC(=O)C1CCN(C(=O)c2sc3nc(C(F)(F)F)ccc3c2C)CC1. The summed E-state index contributed by atoms with van der Waals surface area (Å²) >= 11 is 0.973. The summed E-state index contributed by atoms with van der Waals surface area (Å²) < 4.78 is 44.2. The van der Waals surface area contributed by atoms with Crippen LogP contribution in [0.3, 0.4) is 0 Å². The van der Waals surface area contributed by atoms with E-state index in [9.17, 15) is 22.8 Å². The number of carbonyl (C=O) groups is 2. The van der Waals surface area contributed by atoms with E-state index in [0.29, 0.717) is 53.2 Å². The molecular weight excluding hydrogens is 455 g/mol. The first-order valence-corrected chi connectivity index (χ1v) is 11.2. The molecular formula is C23H22F3N3O3S. The van der Waals surface area contributed by atoms with Crippen molar-refractivity contribution < 1.29 is 27.5 Å². The van der Waals surface area contributed by atoms with Crippen LogP contribution in [0.4, 0.5) is 18.9 Å². The van der Waals surface area contributed by atoms with Crippen molar-refractivity contribution in [3.05, 3.63) is 52.5 Å². The van der Waals surface area contributed by atoms with Crippen molar-refractivity contribution in [2.45, 2.75) is 25.9 Å². The van der Waals surface area contributed by atoms with E-state index in [4.69, 9.17) is 4.74 Å². The van der Waals surface area contributed by atoms with Crippen molar-refractivity contribution in [1.82, 2.24) is 9.88 Å². The van der Waals surface area contributed by atoms with Crippen molar-refractivity contribution in [2.75, 3.05) is 25.5 Å². The van der Waals surface area contributed by atoms with E-state index < -0.39 is 11.9 Å². The van der Waals surface area contributed by atoms with Gasteiger partial charge in [0.2, 0.25) is 5.91 Å². The molecule has 3 aromatic rings. The number of anilines is 1. The largest absolute Gasteiger partial charge is 0.495 e. The van der Waals surface area contributed by atoms with Gasteiger partial charge >= 0.3 is 6.18 Å². The Hall–Kier alpha value is -3.14. The predicted molar refractivity (Wildman–Crippen MR) is 120 cm³/mol. The number of nitrogens with zero attached hydrogens (tertiary/aromatic N) is 2. The van der Waals surface area contributed by atoms with Gasteiger partial charge in [-0.15, -0.1) is 11.3 Å². The van der Waals surface area contributed by atoms with E-state index >= 15 is 0 Å². The first-order chi connectivity index (χ1) is 15.7. The number of fused-ring (bicyclic) bond motifs is 1. The number of ether oxygens (including phenoxy) is 1. The van der Waals surface area contributed by atoms with Crippen LogP contribution in [0.25, 0.3) is 10.2 Å². The van der Waals surface area contributed by atoms with Gasteiger partial charge in [-0.25, -0.2) is 4.98 Å². The van der Waals surface area contributed by atoms with Gasteiger partial charge in [0.25, 0.3) is 5.91 Å². The number of rotatable bonds is 4. The fourth-order valence-electron chi connectivity index (χ4n) is 3.93. The molecule has 1 aliphatic rings. The van der Waals surface area contributed by atoms with E-state index in [2.05, 4.69) is 10.3 Å². The van der Waals surface area contributed by atoms with Crippen LogP contribution < -0.4 is 10.1 Å². The van der Waals surface area contributed by atoms with Crippen LogP contribution in [-0.4, -0.2) is 41.9 Å². The third kappa shape index (κ3) is 4.66. The second-order valence-corrected chi connectivity index (χ2v) is 8.86. The van der Waals surface area contributed by atoms with Crippen LogP contribution in [0.5, 0.6) is 5.75 Å². The maximum absolute atomic E-state index is 13.1. The number of benzene rings is 1. The maximum Gasteiger partial charge on any atom is 0.433 e. The van der Waals surface area contributed by atoms with E-state index in [1.807, 2.05) is 6.07 Å². The number of aryl methyl sites for hydroxylation is 1. The Balaban J connectivity index is 1.43. The summed E-state index contributed by atoms with van der Waals surface area (Å²) in [4.78, 5) is 31.7. The number of hydrogen-bond acceptors (Lipinski definition) is 5. The smallest absolute Gasteiger partial charge is 0.433 e. The molecule has 0 unspecified atom stereocenters. The second-order valence-electron chi connectivity index (χ2n) is 7.86. The number of aromatic nitrogens is 1. The molecule has 4 rings (SSSR count). The van der Waals surface area contributed by atoms with Crippen LogP contribution >= 0.6 is 11.3 Å². The lowest BCUT2D eigenvalue weighted by atomic mass is 9.95. The Kier molecular flexibility index (Phi) is 6.29. The zero-order valence-corrected chi connectivity index (χ0v) is 18.8. The molecule has 10 heteroatoms. The minimum atomic E-state index is -4.54. The Morgan fingerprint density at radius 2 is 1.85 bits per heavy atom. The van der Waals surface area contributed by atoms with Crippen LogP contribution in [0, 0.1) is 12.8 Å². The molecule has 0 spiro atoms. The maximum atomic E-state index is 13.1. The van der Waals surface area contributed by atoms with Crippen molar-refractivity contribution >= 4 is 39.1 Å². The van der Waals surface area contributed by atoms with Crippen LogP contribution in [-0.2, 0) is 11.0 Å². The standard InChI is InChI=1S/C23H22F3N3O3S/c1-13-15-7-8-18(23(24,25)26)28-21(15)33-19(13)22(31)29-11-9-14(10-12-29)20(30)27-16-5-3-4-6-17(16)32-2/h3-8,14H,9-12H2,1-2H3,(H,27,30). The van der Waals surface area contributed by atoms with Gasteiger partial charge in [-0.3, -0.25) is 9.59 Å². The van der Waals surface area contributed by atoms with Gasteiger partial charge in [-0.1, -0.05) is 12.1 Å². The summed E-state index contributed by atoms with van der Waals surface area (Å²) in [6, 6.07) is 9.44. The van der Waals surface area contributed by atoms with E-state index in [-0.39, 0.29) is 22.6 Å². The minimum Gasteiger partial charge on any atom is -0.495 e. The molecule has 0 aliphatic carbocycles. The van der Waals surface area contributed by atoms with Gasteiger partial charge in [0.05, 0.1) is 17.7 Å². The molecule has 1 N–H and O–H groups in total. The van der Waals surface area contributed by atoms with Gasteiger partial charge in [-0.2, -0.15) is 13.2 Å². The molecule has 174 valence electrons. The quantitative estimate of drug-likeness (QED) is 0.566. The lowest BCUT2D eigenvalue weighted by molar-refractivity contribution is -0.140. The number of methoxy groups -OCH3 is 1. The molecule has 1 aliphatic heterocycles. The molecule has 33 heavy (non-hydrogen) atoms. The molecule has 2 amide bonds. The van der Waals surface area contributed by atoms with Crippen LogP contribution in [0.2, 0.25) is 0 Å². The lowest BCUT2D eigenvalue weighted by Gasteiger charge is -2.31. The van der Waals surface area contributed by atoms with Gasteiger partial charge in [0, 0.05) is 24.4 Å². The fraction of sp³-hybridized carbons (Fsp3) is 0.348. The highest BCUT2D eigenvalue weighted by Gasteiger charge is 2.34. The van der Waals surface area contributed by atoms with Crippen molar-refractivity contribution in [1.29, 1.82) is 0 Å². The number of thiophene rings is 1. The van der Waals surface area contributed by atoms with Gasteiger partial charge in [0.1, 0.15) is 16.3 Å². The molecule has 0 radical (unpaired) electrons. The van der Waals surface area contributed by atoms with E-state index in [0.717, 1.165) is 17.4 Å². The van der Waals surface area contributed by atoms with E-state index in [1.165, 1.54) is 13.2 Å². The average molecular weight is 478 g/mol. The predicted octanol–water partition coefficient (Wildman–Crippen LogP) is 5.12. The number of halogens is 3. The number of pyridine rings is 1. The molecule has 1 fully saturated rings. The highest BCUT2D eigenvalue weighted by Crippen LogP contribution is 2.35. The number of carbonyl (C=O) groups excluding carboxylic acids is 2. The minimum absolute atomic E-state index is 0.131. The highest BCUT2D eigenvalue weighted by molar-refractivity contribution is 7.20. The summed E-state index contributed by atoms with van der Waals surface area (Å²) in [6.07, 6.45) is -3.55. The number of hydrogen-bond donors (Lipinski definition) is 1. The van der Waals surface area contributed by atoms with Crippen molar-refractivity contribution in [3.8, 4) is 5.75 Å². The Bertz CT molecular complexity index is 1200. The molecule has 0 bridgehead atoms. The summed E-state index contributed by atoms with van der Waals surface area (Å²) in [7, 11) is 1.53. The Labute approximate surface area is 192 Å². The summed E-state index contributed by atoms with van der Waals surface area (Å²) in [6.45, 7) is 2.49. The van der Waals surface area contributed by atoms with Gasteiger partial charge in [0.15, 0.2) is 0 Å². The first-order valence-electron chi connectivity index (χ1n) is 10.4. The second kappa shape index (κ2) is 9.01. The number of likely N-dealkylation sites (tertiary alicyclic amines) is 1. The van der Waals surface area contributed by atoms with Crippen LogP contribution in [0.1, 0.15) is 33.8 Å². The lowest BCUT2D eigenvalue weighted by Crippen LogP contribution is -2.41. The number of para-hydroxylation sites is 2. The number of alkyl halides is 3. The number of nitrogens with one attached hydrogen (secondary N) is 1. The molecule has 1 saturated heterocycles. The molecule has 0 atom stereocenters. The topological polar surface area (TPSA) is 71.5 Å². The van der Waals surface area contributed by atoms with Crippen LogP contribution in [0.15, 0.2) is 36.4 Å². The normalized spacial score (nSPS) is 15.0. The molecule has 3 heterocycles. The summed E-state index contributed by atoms with van der Waals surface area (Å²) in [5, 5.41) is 3.43. The Morgan fingerprint density at radius 3 is 2.52 bits per heavy atom. The van der Waals surface area contributed by atoms with Gasteiger partial charge in [-0.05, 0) is 49.6 Å². The number of amides is 2. The van der Waals surface area contributed by atoms with Crippen molar-refractivity contribution in [3.63, 3.8) is 0 Å². The molecule has 6 nitrogen and oxygen atoms in total. The third-order valence-electron chi connectivity index (χ3n) is 5.81. The summed E-state index contributed by atoms with van der Waals surface area (Å²) in [5.41, 5.74) is 0.240. The molecule has 1 aromatic carbocycles. The number of piperidine rings is 1. The zero-order valence-electron chi connectivity index (χ0n) is 18.0. The van der Waals surface area contributed by atoms with Gasteiger partial charge < -0.3 is 15.0 Å². The zero-order chi connectivity index (χ0) is 23.8. The summed E-state index contributed by atoms with van der Waals surface area (Å²) in [5.74, 6) is -0.0550. The first kappa shape index (κ1) is 23.0.